The summed E-state index contributed by atoms with van der Waals surface area (Å²) in [5.74, 6) is -1.34. The Kier molecular flexibility index (Phi) is 5.12. The lowest BCUT2D eigenvalue weighted by Crippen LogP contribution is -2.46. The summed E-state index contributed by atoms with van der Waals surface area (Å²) in [6.45, 7) is 0. The highest BCUT2D eigenvalue weighted by molar-refractivity contribution is 8.33. The van der Waals surface area contributed by atoms with Crippen LogP contribution in [-0.4, -0.2) is 39.4 Å². The van der Waals surface area contributed by atoms with Gasteiger partial charge in [0.25, 0.3) is 0 Å². The van der Waals surface area contributed by atoms with Gasteiger partial charge in [-0.2, -0.15) is 0 Å². The van der Waals surface area contributed by atoms with E-state index in [1.54, 1.807) is 41.5 Å². The average molecular weight is 279 g/mol. The van der Waals surface area contributed by atoms with E-state index >= 15 is 0 Å². The highest BCUT2D eigenvalue weighted by Gasteiger charge is 2.52. The first-order chi connectivity index (χ1) is 7.60. The van der Waals surface area contributed by atoms with Crippen molar-refractivity contribution in [2.45, 2.75) is 9.20 Å². The summed E-state index contributed by atoms with van der Waals surface area (Å²) < 4.78 is 4.89. The lowest BCUT2D eigenvalue weighted by Gasteiger charge is -2.41. The van der Waals surface area contributed by atoms with Gasteiger partial charge in [-0.15, -0.1) is 35.3 Å². The van der Waals surface area contributed by atoms with Crippen LogP contribution in [0.15, 0.2) is 18.3 Å². The molecule has 0 amide bonds. The highest BCUT2D eigenvalue weighted by Crippen LogP contribution is 2.55. The third-order valence-electron chi connectivity index (χ3n) is 2.48. The smallest absolute Gasteiger partial charge is 0.241 e. The van der Waals surface area contributed by atoms with Gasteiger partial charge in [-0.05, 0) is 30.9 Å². The Bertz CT molecular complexity index is 306. The molecule has 0 aromatic carbocycles. The first kappa shape index (κ1) is 14.3. The Hall–Kier alpha value is 0.250. The number of H-pyrrole nitrogens is 1. The Labute approximate surface area is 109 Å². The molecule has 2 N–H and O–H groups in total. The zero-order chi connectivity index (χ0) is 12.2. The van der Waals surface area contributed by atoms with Crippen molar-refractivity contribution in [3.8, 4) is 0 Å². The lowest BCUT2D eigenvalue weighted by atomic mass is 10.2. The summed E-state index contributed by atoms with van der Waals surface area (Å²) in [4.78, 5) is 3.02. The molecule has 3 nitrogen and oxygen atoms in total. The molecular weight excluding hydrogens is 262 g/mol. The molecule has 1 rings (SSSR count). The van der Waals surface area contributed by atoms with E-state index in [2.05, 4.69) is 4.98 Å². The number of aliphatic hydroxyl groups is 1. The summed E-state index contributed by atoms with van der Waals surface area (Å²) in [6.07, 6.45) is 7.70. The van der Waals surface area contributed by atoms with Gasteiger partial charge in [0, 0.05) is 13.3 Å². The number of aromatic nitrogens is 1. The first-order valence-electron chi connectivity index (χ1n) is 4.67. The van der Waals surface area contributed by atoms with Crippen molar-refractivity contribution in [3.63, 3.8) is 0 Å². The van der Waals surface area contributed by atoms with Gasteiger partial charge < -0.3 is 14.8 Å². The first-order valence-corrected chi connectivity index (χ1v) is 8.34. The summed E-state index contributed by atoms with van der Waals surface area (Å²) in [7, 11) is 1.53. The number of ether oxygens (including phenoxy) is 1. The Morgan fingerprint density at radius 3 is 2.12 bits per heavy atom. The van der Waals surface area contributed by atoms with Crippen LogP contribution < -0.4 is 0 Å². The van der Waals surface area contributed by atoms with Crippen LogP contribution in [0.25, 0.3) is 0 Å². The summed E-state index contributed by atoms with van der Waals surface area (Å²) >= 11 is 4.73. The van der Waals surface area contributed by atoms with Crippen molar-refractivity contribution in [2.24, 2.45) is 0 Å². The fourth-order valence-electron chi connectivity index (χ4n) is 1.61. The van der Waals surface area contributed by atoms with Crippen molar-refractivity contribution in [1.29, 1.82) is 0 Å². The molecule has 6 heteroatoms. The molecule has 0 saturated carbocycles. The van der Waals surface area contributed by atoms with Crippen molar-refractivity contribution in [1.82, 2.24) is 4.98 Å². The Morgan fingerprint density at radius 2 is 1.81 bits per heavy atom. The minimum atomic E-state index is -1.34. The predicted molar refractivity (Wildman–Crippen MR) is 75.0 cm³/mol. The van der Waals surface area contributed by atoms with E-state index in [-0.39, 0.29) is 0 Å². The quantitative estimate of drug-likeness (QED) is 0.784. The maximum atomic E-state index is 10.8. The number of methoxy groups -OCH3 is 1. The van der Waals surface area contributed by atoms with Gasteiger partial charge in [-0.3, -0.25) is 0 Å². The van der Waals surface area contributed by atoms with Gasteiger partial charge in [0.15, 0.2) is 3.41 Å². The molecule has 0 aliphatic heterocycles. The number of nitrogens with one attached hydrogen (secondary N) is 1. The van der Waals surface area contributed by atoms with Crippen LogP contribution in [0, 0.1) is 0 Å². The summed E-state index contributed by atoms with van der Waals surface area (Å²) in [5, 5.41) is 10.8. The molecule has 92 valence electrons. The normalized spacial score (nSPS) is 16.1. The Balaban J connectivity index is 3.21. The van der Waals surface area contributed by atoms with Gasteiger partial charge >= 0.3 is 0 Å². The zero-order valence-electron chi connectivity index (χ0n) is 9.81. The van der Waals surface area contributed by atoms with Crippen LogP contribution in [0.1, 0.15) is 5.69 Å². The standard InChI is InChI=1S/C10H17NO2S3/c1-13-9(12,8-6-5-7-11-8)10(14-2,15-3)16-4/h5-7,11-12H,1-4H3. The second-order valence-electron chi connectivity index (χ2n) is 3.10. The molecule has 1 aromatic heterocycles. The second kappa shape index (κ2) is 5.73. The minimum Gasteiger partial charge on any atom is -0.361 e. The van der Waals surface area contributed by atoms with E-state index in [9.17, 15) is 5.11 Å². The fourth-order valence-corrected chi connectivity index (χ4v) is 5.02. The Morgan fingerprint density at radius 1 is 1.25 bits per heavy atom. The van der Waals surface area contributed by atoms with Gasteiger partial charge in [-0.25, -0.2) is 0 Å². The molecule has 0 spiro atoms. The average Bonchev–Trinajstić information content (AvgIpc) is 2.85. The van der Waals surface area contributed by atoms with E-state index in [1.165, 1.54) is 7.11 Å². The number of rotatable bonds is 6. The van der Waals surface area contributed by atoms with Gasteiger partial charge in [-0.1, -0.05) is 0 Å². The molecule has 0 bridgehead atoms. The molecule has 0 saturated heterocycles. The maximum absolute atomic E-state index is 10.8. The van der Waals surface area contributed by atoms with E-state index in [1.807, 2.05) is 30.9 Å². The van der Waals surface area contributed by atoms with Crippen molar-refractivity contribution in [3.05, 3.63) is 24.0 Å². The van der Waals surface area contributed by atoms with Crippen LogP contribution in [0.2, 0.25) is 0 Å². The highest BCUT2D eigenvalue weighted by atomic mass is 32.3. The van der Waals surface area contributed by atoms with Gasteiger partial charge in [0.05, 0.1) is 5.69 Å². The number of hydrogen-bond donors (Lipinski definition) is 2. The number of hydrogen-bond acceptors (Lipinski definition) is 5. The van der Waals surface area contributed by atoms with Crippen LogP contribution in [0.5, 0.6) is 0 Å². The molecule has 1 heterocycles. The minimum absolute atomic E-state index is 0.493. The third-order valence-corrected chi connectivity index (χ3v) is 7.92. The zero-order valence-corrected chi connectivity index (χ0v) is 12.3. The molecule has 0 aliphatic carbocycles. The van der Waals surface area contributed by atoms with E-state index in [0.29, 0.717) is 5.69 Å². The van der Waals surface area contributed by atoms with Crippen LogP contribution in [-0.2, 0) is 10.5 Å². The van der Waals surface area contributed by atoms with Crippen LogP contribution >= 0.6 is 35.3 Å². The summed E-state index contributed by atoms with van der Waals surface area (Å²) in [5.41, 5.74) is 0.674. The number of thioether (sulfide) groups is 3. The van der Waals surface area contributed by atoms with Gasteiger partial charge in [0.1, 0.15) is 0 Å². The van der Waals surface area contributed by atoms with Crippen molar-refractivity contribution >= 4 is 35.3 Å². The van der Waals surface area contributed by atoms with Crippen molar-refractivity contribution < 1.29 is 9.84 Å². The molecule has 0 radical (unpaired) electrons. The molecule has 1 aromatic rings. The molecule has 16 heavy (non-hydrogen) atoms. The SMILES string of the molecule is COC(O)(c1ccc[nH]1)C(SC)(SC)SC. The van der Waals surface area contributed by atoms with Crippen LogP contribution in [0.4, 0.5) is 0 Å². The van der Waals surface area contributed by atoms with E-state index in [0.717, 1.165) is 0 Å². The second-order valence-corrected chi connectivity index (χ2v) is 6.94. The molecule has 0 fully saturated rings. The third kappa shape index (κ3) is 2.13. The summed E-state index contributed by atoms with van der Waals surface area (Å²) in [6, 6.07) is 3.69. The molecule has 0 aliphatic rings. The van der Waals surface area contributed by atoms with Gasteiger partial charge in [0.2, 0.25) is 5.79 Å². The van der Waals surface area contributed by atoms with Crippen LogP contribution in [0.3, 0.4) is 0 Å². The number of aromatic amines is 1. The van der Waals surface area contributed by atoms with E-state index < -0.39 is 9.20 Å². The molecule has 1 atom stereocenters. The largest absolute Gasteiger partial charge is 0.361 e. The lowest BCUT2D eigenvalue weighted by molar-refractivity contribution is -0.188. The maximum Gasteiger partial charge on any atom is 0.241 e. The topological polar surface area (TPSA) is 45.2 Å². The van der Waals surface area contributed by atoms with E-state index in [4.69, 9.17) is 4.74 Å². The fraction of sp³-hybridized carbons (Fsp3) is 0.600. The molecular formula is C10H17NO2S3. The molecule has 1 unspecified atom stereocenters. The monoisotopic (exact) mass is 279 g/mol. The van der Waals surface area contributed by atoms with Crippen molar-refractivity contribution in [2.75, 3.05) is 25.9 Å². The predicted octanol–water partition coefficient (Wildman–Crippen LogP) is 2.55.